The van der Waals surface area contributed by atoms with Crippen LogP contribution in [-0.4, -0.2) is 11.8 Å². The molecule has 1 saturated carbocycles. The minimum atomic E-state index is -0.0733. The Bertz CT molecular complexity index is 246. The number of amides is 2. The van der Waals surface area contributed by atoms with Gasteiger partial charge in [-0.1, -0.05) is 19.8 Å². The Labute approximate surface area is 84.2 Å². The van der Waals surface area contributed by atoms with Crippen molar-refractivity contribution in [3.8, 4) is 0 Å². The molecule has 0 radical (unpaired) electrons. The molecule has 2 fully saturated rings. The first-order chi connectivity index (χ1) is 6.60. The summed E-state index contributed by atoms with van der Waals surface area (Å²) in [6.07, 6.45) is 5.55. The van der Waals surface area contributed by atoms with E-state index in [9.17, 15) is 9.59 Å². The molecule has 3 nitrogen and oxygen atoms in total. The van der Waals surface area contributed by atoms with Gasteiger partial charge in [0.15, 0.2) is 0 Å². The lowest BCUT2D eigenvalue weighted by Crippen LogP contribution is -2.46. The van der Waals surface area contributed by atoms with E-state index in [1.54, 1.807) is 0 Å². The van der Waals surface area contributed by atoms with Gasteiger partial charge in [-0.3, -0.25) is 14.9 Å². The Morgan fingerprint density at radius 1 is 1.14 bits per heavy atom. The van der Waals surface area contributed by atoms with Crippen LogP contribution in [0.5, 0.6) is 0 Å². The van der Waals surface area contributed by atoms with E-state index >= 15 is 0 Å². The lowest BCUT2D eigenvalue weighted by Gasteiger charge is -2.40. The van der Waals surface area contributed by atoms with Crippen LogP contribution in [0.15, 0.2) is 0 Å². The molecule has 2 rings (SSSR count). The summed E-state index contributed by atoms with van der Waals surface area (Å²) >= 11 is 0. The van der Waals surface area contributed by atoms with Crippen molar-refractivity contribution in [2.75, 3.05) is 0 Å². The molecule has 1 heterocycles. The summed E-state index contributed by atoms with van der Waals surface area (Å²) in [5, 5.41) is 2.38. The predicted molar refractivity (Wildman–Crippen MR) is 52.4 cm³/mol. The topological polar surface area (TPSA) is 46.2 Å². The van der Waals surface area contributed by atoms with Gasteiger partial charge in [0.1, 0.15) is 0 Å². The van der Waals surface area contributed by atoms with Crippen molar-refractivity contribution in [3.05, 3.63) is 0 Å². The van der Waals surface area contributed by atoms with Crippen LogP contribution in [-0.2, 0) is 9.59 Å². The number of carbonyl (C=O) groups excluding carboxylic acids is 2. The molecule has 1 aliphatic carbocycles. The third kappa shape index (κ3) is 1.81. The minimum absolute atomic E-state index is 0.0198. The number of hydrogen-bond donors (Lipinski definition) is 1. The van der Waals surface area contributed by atoms with Crippen LogP contribution in [0.25, 0.3) is 0 Å². The lowest BCUT2D eigenvalue weighted by molar-refractivity contribution is -0.139. The molecule has 0 unspecified atom stereocenters. The number of rotatable bonds is 0. The minimum Gasteiger partial charge on any atom is -0.296 e. The molecule has 78 valence electrons. The molecule has 1 N–H and O–H groups in total. The van der Waals surface area contributed by atoms with Crippen molar-refractivity contribution >= 4 is 11.8 Å². The molecule has 3 heteroatoms. The second-order valence-corrected chi connectivity index (χ2v) is 5.01. The molecule has 0 atom stereocenters. The highest BCUT2D eigenvalue weighted by molar-refractivity contribution is 5.98. The number of piperidine rings is 1. The highest BCUT2D eigenvalue weighted by Crippen LogP contribution is 2.45. The van der Waals surface area contributed by atoms with Crippen molar-refractivity contribution in [2.45, 2.75) is 45.4 Å². The molecule has 0 aromatic carbocycles. The summed E-state index contributed by atoms with van der Waals surface area (Å²) in [7, 11) is 0. The summed E-state index contributed by atoms with van der Waals surface area (Å²) < 4.78 is 0. The Kier molecular flexibility index (Phi) is 2.33. The number of imide groups is 1. The standard InChI is InChI=1S/C11H17NO2/c1-8-2-4-11(5-3-8)6-9(13)12-10(14)7-11/h8H,2-7H2,1H3,(H,12,13,14). The summed E-state index contributed by atoms with van der Waals surface area (Å²) in [6, 6.07) is 0. The maximum Gasteiger partial charge on any atom is 0.227 e. The van der Waals surface area contributed by atoms with Crippen LogP contribution in [0, 0.1) is 11.3 Å². The van der Waals surface area contributed by atoms with E-state index in [-0.39, 0.29) is 17.2 Å². The van der Waals surface area contributed by atoms with Crippen molar-refractivity contribution in [3.63, 3.8) is 0 Å². The second-order valence-electron chi connectivity index (χ2n) is 5.01. The molecule has 1 saturated heterocycles. The molecule has 2 amide bonds. The van der Waals surface area contributed by atoms with Gasteiger partial charge < -0.3 is 0 Å². The van der Waals surface area contributed by atoms with E-state index in [2.05, 4.69) is 12.2 Å². The average molecular weight is 195 g/mol. The SMILES string of the molecule is CC1CCC2(CC1)CC(=O)NC(=O)C2. The molecule has 0 aromatic rings. The number of nitrogens with one attached hydrogen (secondary N) is 1. The van der Waals surface area contributed by atoms with Crippen molar-refractivity contribution < 1.29 is 9.59 Å². The third-order valence-corrected chi connectivity index (χ3v) is 3.68. The maximum atomic E-state index is 11.3. The zero-order valence-corrected chi connectivity index (χ0v) is 8.64. The highest BCUT2D eigenvalue weighted by Gasteiger charge is 2.41. The summed E-state index contributed by atoms with van der Waals surface area (Å²) in [5.74, 6) is 0.618. The lowest BCUT2D eigenvalue weighted by atomic mass is 9.66. The molecule has 1 spiro atoms. The number of hydrogen-bond acceptors (Lipinski definition) is 2. The monoisotopic (exact) mass is 195 g/mol. The van der Waals surface area contributed by atoms with Gasteiger partial charge in [-0.25, -0.2) is 0 Å². The van der Waals surface area contributed by atoms with Crippen LogP contribution < -0.4 is 5.32 Å². The van der Waals surface area contributed by atoms with Gasteiger partial charge in [0, 0.05) is 12.8 Å². The van der Waals surface area contributed by atoms with Crippen molar-refractivity contribution in [2.24, 2.45) is 11.3 Å². The smallest absolute Gasteiger partial charge is 0.227 e. The van der Waals surface area contributed by atoms with Crippen molar-refractivity contribution in [1.82, 2.24) is 5.32 Å². The molecule has 0 bridgehead atoms. The summed E-state index contributed by atoms with van der Waals surface area (Å²) in [4.78, 5) is 22.6. The fourth-order valence-electron chi connectivity index (χ4n) is 2.72. The first-order valence-corrected chi connectivity index (χ1v) is 5.42. The van der Waals surface area contributed by atoms with Crippen LogP contribution >= 0.6 is 0 Å². The van der Waals surface area contributed by atoms with Gasteiger partial charge in [0.25, 0.3) is 0 Å². The molecule has 14 heavy (non-hydrogen) atoms. The number of carbonyl (C=O) groups is 2. The fourth-order valence-corrected chi connectivity index (χ4v) is 2.72. The molecule has 0 aromatic heterocycles. The van der Waals surface area contributed by atoms with Gasteiger partial charge >= 0.3 is 0 Å². The van der Waals surface area contributed by atoms with Crippen LogP contribution in [0.4, 0.5) is 0 Å². The predicted octanol–water partition coefficient (Wildman–Crippen LogP) is 1.62. The fraction of sp³-hybridized carbons (Fsp3) is 0.818. The van der Waals surface area contributed by atoms with Gasteiger partial charge in [0.05, 0.1) is 0 Å². The van der Waals surface area contributed by atoms with Gasteiger partial charge in [0.2, 0.25) is 11.8 Å². The zero-order valence-electron chi connectivity index (χ0n) is 8.64. The summed E-state index contributed by atoms with van der Waals surface area (Å²) in [5.41, 5.74) is 0.0198. The van der Waals surface area contributed by atoms with Crippen LogP contribution in [0.2, 0.25) is 0 Å². The Balaban J connectivity index is 2.07. The maximum absolute atomic E-state index is 11.3. The average Bonchev–Trinajstić information content (AvgIpc) is 2.09. The van der Waals surface area contributed by atoms with Gasteiger partial charge in [-0.15, -0.1) is 0 Å². The van der Waals surface area contributed by atoms with Crippen molar-refractivity contribution in [1.29, 1.82) is 0 Å². The van der Waals surface area contributed by atoms with E-state index in [4.69, 9.17) is 0 Å². The molecule has 1 aliphatic heterocycles. The first-order valence-electron chi connectivity index (χ1n) is 5.42. The first kappa shape index (κ1) is 9.69. The van der Waals surface area contributed by atoms with E-state index < -0.39 is 0 Å². The van der Waals surface area contributed by atoms with Gasteiger partial charge in [-0.05, 0) is 24.2 Å². The van der Waals surface area contributed by atoms with E-state index in [1.165, 1.54) is 12.8 Å². The molecule has 2 aliphatic rings. The molecular formula is C11H17NO2. The van der Waals surface area contributed by atoms with E-state index in [1.807, 2.05) is 0 Å². The normalized spacial score (nSPS) is 27.8. The second kappa shape index (κ2) is 3.37. The Hall–Kier alpha value is -0.860. The van der Waals surface area contributed by atoms with Gasteiger partial charge in [-0.2, -0.15) is 0 Å². The van der Waals surface area contributed by atoms with E-state index in [0.717, 1.165) is 18.8 Å². The zero-order chi connectivity index (χ0) is 10.2. The van der Waals surface area contributed by atoms with E-state index in [0.29, 0.717) is 12.8 Å². The third-order valence-electron chi connectivity index (χ3n) is 3.68. The molecular weight excluding hydrogens is 178 g/mol. The summed E-state index contributed by atoms with van der Waals surface area (Å²) in [6.45, 7) is 2.25. The Morgan fingerprint density at radius 3 is 2.14 bits per heavy atom. The van der Waals surface area contributed by atoms with Crippen LogP contribution in [0.3, 0.4) is 0 Å². The van der Waals surface area contributed by atoms with Crippen LogP contribution in [0.1, 0.15) is 45.4 Å². The highest BCUT2D eigenvalue weighted by atomic mass is 16.2. The Morgan fingerprint density at radius 2 is 1.64 bits per heavy atom. The largest absolute Gasteiger partial charge is 0.296 e. The quantitative estimate of drug-likeness (QED) is 0.597.